The van der Waals surface area contributed by atoms with Gasteiger partial charge in [-0.25, -0.2) is 0 Å². The van der Waals surface area contributed by atoms with Crippen molar-refractivity contribution in [3.05, 3.63) is 33.8 Å². The van der Waals surface area contributed by atoms with Crippen LogP contribution in [-0.4, -0.2) is 0 Å². The first kappa shape index (κ1) is 11.8. The van der Waals surface area contributed by atoms with E-state index in [2.05, 4.69) is 13.8 Å². The maximum absolute atomic E-state index is 6.24. The molecule has 14 heavy (non-hydrogen) atoms. The van der Waals surface area contributed by atoms with Crippen LogP contribution in [0.15, 0.2) is 18.2 Å². The molecule has 0 radical (unpaired) electrons. The van der Waals surface area contributed by atoms with Gasteiger partial charge >= 0.3 is 0 Å². The Morgan fingerprint density at radius 1 is 1.14 bits per heavy atom. The van der Waals surface area contributed by atoms with E-state index in [1.54, 1.807) is 6.07 Å². The van der Waals surface area contributed by atoms with Crippen LogP contribution in [0.2, 0.25) is 10.0 Å². The van der Waals surface area contributed by atoms with Crippen LogP contribution < -0.4 is 5.73 Å². The van der Waals surface area contributed by atoms with E-state index in [1.165, 1.54) is 0 Å². The first-order chi connectivity index (χ1) is 6.53. The average Bonchev–Trinajstić information content (AvgIpc) is 2.21. The third-order valence-corrected chi connectivity index (χ3v) is 3.50. The number of benzene rings is 1. The van der Waals surface area contributed by atoms with Gasteiger partial charge in [0, 0.05) is 5.54 Å². The molecule has 0 aliphatic rings. The largest absolute Gasteiger partial charge is 0.321 e. The van der Waals surface area contributed by atoms with Crippen molar-refractivity contribution in [2.75, 3.05) is 0 Å². The van der Waals surface area contributed by atoms with Gasteiger partial charge in [-0.3, -0.25) is 0 Å². The van der Waals surface area contributed by atoms with E-state index in [4.69, 9.17) is 28.9 Å². The van der Waals surface area contributed by atoms with Crippen LogP contribution in [0, 0.1) is 0 Å². The monoisotopic (exact) mass is 231 g/mol. The van der Waals surface area contributed by atoms with Crippen LogP contribution in [0.25, 0.3) is 0 Å². The quantitative estimate of drug-likeness (QED) is 0.838. The summed E-state index contributed by atoms with van der Waals surface area (Å²) in [5.74, 6) is 0. The molecule has 3 heteroatoms. The maximum Gasteiger partial charge on any atom is 0.0595 e. The zero-order chi connectivity index (χ0) is 10.8. The fraction of sp³-hybridized carbons (Fsp3) is 0.455. The van der Waals surface area contributed by atoms with Gasteiger partial charge in [-0.2, -0.15) is 0 Å². The highest BCUT2D eigenvalue weighted by Gasteiger charge is 2.23. The second kappa shape index (κ2) is 4.52. The summed E-state index contributed by atoms with van der Waals surface area (Å²) < 4.78 is 0. The lowest BCUT2D eigenvalue weighted by Gasteiger charge is -2.27. The third kappa shape index (κ3) is 2.22. The van der Waals surface area contributed by atoms with E-state index >= 15 is 0 Å². The van der Waals surface area contributed by atoms with Crippen molar-refractivity contribution in [1.29, 1.82) is 0 Å². The molecular formula is C11H15Cl2N. The van der Waals surface area contributed by atoms with Gasteiger partial charge in [-0.05, 0) is 30.5 Å². The van der Waals surface area contributed by atoms with Gasteiger partial charge in [0.2, 0.25) is 0 Å². The Morgan fingerprint density at radius 2 is 1.71 bits per heavy atom. The fourth-order valence-electron chi connectivity index (χ4n) is 1.46. The van der Waals surface area contributed by atoms with Gasteiger partial charge in [-0.1, -0.05) is 43.1 Å². The van der Waals surface area contributed by atoms with E-state index in [1.807, 2.05) is 12.1 Å². The second-order valence-corrected chi connectivity index (χ2v) is 4.31. The highest BCUT2D eigenvalue weighted by Crippen LogP contribution is 2.30. The number of hydrogen-bond acceptors (Lipinski definition) is 1. The lowest BCUT2D eigenvalue weighted by Crippen LogP contribution is -2.34. The zero-order valence-electron chi connectivity index (χ0n) is 8.48. The standard InChI is InChI=1S/C11H15Cl2N/c1-3-11(14,4-2)8-5-6-9(12)10(13)7-8/h5-7H,3-4,14H2,1-2H3. The molecule has 0 fully saturated rings. The van der Waals surface area contributed by atoms with Crippen molar-refractivity contribution >= 4 is 23.2 Å². The third-order valence-electron chi connectivity index (χ3n) is 2.76. The lowest BCUT2D eigenvalue weighted by molar-refractivity contribution is 0.413. The molecule has 2 N–H and O–H groups in total. The molecule has 0 aromatic heterocycles. The molecule has 0 bridgehead atoms. The summed E-state index contributed by atoms with van der Waals surface area (Å²) in [6, 6.07) is 5.60. The van der Waals surface area contributed by atoms with E-state index in [0.717, 1.165) is 18.4 Å². The van der Waals surface area contributed by atoms with Crippen molar-refractivity contribution in [3.63, 3.8) is 0 Å². The van der Waals surface area contributed by atoms with Crippen LogP contribution >= 0.6 is 23.2 Å². The summed E-state index contributed by atoms with van der Waals surface area (Å²) in [7, 11) is 0. The van der Waals surface area contributed by atoms with E-state index < -0.39 is 0 Å². The summed E-state index contributed by atoms with van der Waals surface area (Å²) in [6.45, 7) is 4.15. The van der Waals surface area contributed by atoms with Crippen LogP contribution in [-0.2, 0) is 5.54 Å². The molecule has 1 nitrogen and oxygen atoms in total. The molecule has 0 amide bonds. The minimum Gasteiger partial charge on any atom is -0.321 e. The second-order valence-electron chi connectivity index (χ2n) is 3.49. The van der Waals surface area contributed by atoms with E-state index in [-0.39, 0.29) is 5.54 Å². The van der Waals surface area contributed by atoms with E-state index in [0.29, 0.717) is 10.0 Å². The minimum atomic E-state index is -0.284. The fourth-order valence-corrected chi connectivity index (χ4v) is 1.76. The summed E-state index contributed by atoms with van der Waals surface area (Å²) in [6.07, 6.45) is 1.78. The molecule has 0 aliphatic heterocycles. The number of halogens is 2. The van der Waals surface area contributed by atoms with Gasteiger partial charge in [0.25, 0.3) is 0 Å². The number of rotatable bonds is 3. The predicted molar refractivity (Wildman–Crippen MR) is 62.9 cm³/mol. The average molecular weight is 232 g/mol. The van der Waals surface area contributed by atoms with Crippen LogP contribution in [0.3, 0.4) is 0 Å². The summed E-state index contributed by atoms with van der Waals surface area (Å²) >= 11 is 11.8. The topological polar surface area (TPSA) is 26.0 Å². The predicted octanol–water partition coefficient (Wildman–Crippen LogP) is 3.97. The van der Waals surface area contributed by atoms with Gasteiger partial charge in [0.1, 0.15) is 0 Å². The number of nitrogens with two attached hydrogens (primary N) is 1. The van der Waals surface area contributed by atoms with Crippen LogP contribution in [0.5, 0.6) is 0 Å². The van der Waals surface area contributed by atoms with Crippen molar-refractivity contribution in [1.82, 2.24) is 0 Å². The van der Waals surface area contributed by atoms with Gasteiger partial charge in [-0.15, -0.1) is 0 Å². The number of hydrogen-bond donors (Lipinski definition) is 1. The van der Waals surface area contributed by atoms with Crippen LogP contribution in [0.4, 0.5) is 0 Å². The molecule has 0 saturated heterocycles. The van der Waals surface area contributed by atoms with Crippen molar-refractivity contribution in [3.8, 4) is 0 Å². The van der Waals surface area contributed by atoms with Crippen LogP contribution in [0.1, 0.15) is 32.3 Å². The molecule has 1 rings (SSSR count). The molecule has 0 atom stereocenters. The normalized spacial score (nSPS) is 11.8. The first-order valence-electron chi connectivity index (χ1n) is 4.78. The molecule has 1 aromatic rings. The Hall–Kier alpha value is -0.240. The van der Waals surface area contributed by atoms with Gasteiger partial charge in [0.15, 0.2) is 0 Å². The van der Waals surface area contributed by atoms with Crippen molar-refractivity contribution < 1.29 is 0 Å². The molecule has 78 valence electrons. The highest BCUT2D eigenvalue weighted by molar-refractivity contribution is 6.42. The molecule has 1 aromatic carbocycles. The van der Waals surface area contributed by atoms with Crippen molar-refractivity contribution in [2.24, 2.45) is 5.73 Å². The van der Waals surface area contributed by atoms with Crippen molar-refractivity contribution in [2.45, 2.75) is 32.2 Å². The zero-order valence-corrected chi connectivity index (χ0v) is 9.99. The smallest absolute Gasteiger partial charge is 0.0595 e. The summed E-state index contributed by atoms with van der Waals surface area (Å²) in [5.41, 5.74) is 7.00. The Kier molecular flexibility index (Phi) is 3.82. The van der Waals surface area contributed by atoms with Gasteiger partial charge in [0.05, 0.1) is 10.0 Å². The SMILES string of the molecule is CCC(N)(CC)c1ccc(Cl)c(Cl)c1. The molecule has 0 unspecified atom stereocenters. The maximum atomic E-state index is 6.24. The Labute approximate surface area is 95.2 Å². The van der Waals surface area contributed by atoms with Gasteiger partial charge < -0.3 is 5.73 Å². The summed E-state index contributed by atoms with van der Waals surface area (Å²) in [4.78, 5) is 0. The molecular weight excluding hydrogens is 217 g/mol. The molecule has 0 saturated carbocycles. The molecule has 0 heterocycles. The first-order valence-corrected chi connectivity index (χ1v) is 5.53. The Morgan fingerprint density at radius 3 is 2.14 bits per heavy atom. The van der Waals surface area contributed by atoms with E-state index in [9.17, 15) is 0 Å². The Balaban J connectivity index is 3.12. The minimum absolute atomic E-state index is 0.284. The highest BCUT2D eigenvalue weighted by atomic mass is 35.5. The molecule has 0 aliphatic carbocycles. The lowest BCUT2D eigenvalue weighted by atomic mass is 9.86. The Bertz CT molecular complexity index is 319. The molecule has 0 spiro atoms. The summed E-state index contributed by atoms with van der Waals surface area (Å²) in [5, 5.41) is 1.14.